The molecule has 0 saturated carbocycles. The highest BCUT2D eigenvalue weighted by Crippen LogP contribution is 2.16. The van der Waals surface area contributed by atoms with E-state index in [0.717, 1.165) is 0 Å². The van der Waals surface area contributed by atoms with Crippen LogP contribution in [0.5, 0.6) is 0 Å². The quantitative estimate of drug-likeness (QED) is 0.754. The van der Waals surface area contributed by atoms with Crippen molar-refractivity contribution in [3.05, 3.63) is 5.69 Å². The van der Waals surface area contributed by atoms with Crippen LogP contribution in [0.3, 0.4) is 0 Å². The molecule has 0 aromatic carbocycles. The molecule has 0 unspecified atom stereocenters. The first-order chi connectivity index (χ1) is 9.94. The van der Waals surface area contributed by atoms with Gasteiger partial charge in [-0.15, -0.1) is 0 Å². The predicted octanol–water partition coefficient (Wildman–Crippen LogP) is -0.414. The first kappa shape index (κ1) is 15.7. The molecule has 0 bridgehead atoms. The largest absolute Gasteiger partial charge is 0.379 e. The molecule has 118 valence electrons. The van der Waals surface area contributed by atoms with Gasteiger partial charge in [0, 0.05) is 19.1 Å². The van der Waals surface area contributed by atoms with Crippen molar-refractivity contribution in [1.82, 2.24) is 19.9 Å². The molecule has 21 heavy (non-hydrogen) atoms. The molecule has 2 heterocycles. The second-order valence-electron chi connectivity index (χ2n) is 4.96. The monoisotopic (exact) mass is 317 g/mol. The Morgan fingerprint density at radius 3 is 2.62 bits per heavy atom. The third-order valence-electron chi connectivity index (χ3n) is 3.37. The van der Waals surface area contributed by atoms with Gasteiger partial charge in [-0.3, -0.25) is 4.79 Å². The molecule has 3 N–H and O–H groups in total. The molecule has 1 aliphatic heterocycles. The van der Waals surface area contributed by atoms with E-state index in [1.807, 2.05) is 6.92 Å². The summed E-state index contributed by atoms with van der Waals surface area (Å²) in [6, 6.07) is -0.110. The molecular weight excluding hydrogens is 298 g/mol. The number of anilines is 1. The van der Waals surface area contributed by atoms with Crippen LogP contribution in [0.15, 0.2) is 4.63 Å². The summed E-state index contributed by atoms with van der Waals surface area (Å²) in [7, 11) is -3.17. The van der Waals surface area contributed by atoms with Crippen LogP contribution in [-0.4, -0.2) is 53.8 Å². The second-order valence-corrected chi connectivity index (χ2v) is 7.05. The van der Waals surface area contributed by atoms with Crippen LogP contribution in [0, 0.1) is 0 Å². The van der Waals surface area contributed by atoms with E-state index in [4.69, 9.17) is 5.73 Å². The van der Waals surface area contributed by atoms with Gasteiger partial charge < -0.3 is 11.1 Å². The van der Waals surface area contributed by atoms with Crippen LogP contribution in [-0.2, 0) is 10.0 Å². The second kappa shape index (κ2) is 6.39. The number of carbonyl (C=O) groups is 1. The van der Waals surface area contributed by atoms with Gasteiger partial charge in [0.2, 0.25) is 21.5 Å². The zero-order chi connectivity index (χ0) is 15.5. The Kier molecular flexibility index (Phi) is 4.78. The number of aromatic nitrogens is 2. The number of nitrogens with two attached hydrogens (primary N) is 1. The minimum absolute atomic E-state index is 0.0453. The van der Waals surface area contributed by atoms with Gasteiger partial charge in [0.1, 0.15) is 0 Å². The van der Waals surface area contributed by atoms with E-state index in [0.29, 0.717) is 32.4 Å². The zero-order valence-corrected chi connectivity index (χ0v) is 12.6. The van der Waals surface area contributed by atoms with E-state index in [9.17, 15) is 13.2 Å². The van der Waals surface area contributed by atoms with Gasteiger partial charge in [-0.1, -0.05) is 6.92 Å². The highest BCUT2D eigenvalue weighted by atomic mass is 32.2. The van der Waals surface area contributed by atoms with E-state index in [2.05, 4.69) is 20.3 Å². The molecule has 0 radical (unpaired) electrons. The number of carbonyl (C=O) groups excluding carboxylic acids is 1. The molecule has 1 saturated heterocycles. The van der Waals surface area contributed by atoms with Crippen molar-refractivity contribution in [3.8, 4) is 0 Å². The minimum atomic E-state index is -3.17. The summed E-state index contributed by atoms with van der Waals surface area (Å²) in [5, 5.41) is 9.53. The average Bonchev–Trinajstić information content (AvgIpc) is 2.85. The SMILES string of the molecule is CCCS(=O)(=O)N1CCC(NC(=O)c2nonc2N)CC1. The van der Waals surface area contributed by atoms with Crippen LogP contribution in [0.2, 0.25) is 0 Å². The van der Waals surface area contributed by atoms with Crippen molar-refractivity contribution in [3.63, 3.8) is 0 Å². The Morgan fingerprint density at radius 2 is 2.10 bits per heavy atom. The van der Waals surface area contributed by atoms with Gasteiger partial charge in [0.15, 0.2) is 0 Å². The Balaban J connectivity index is 1.87. The average molecular weight is 317 g/mol. The molecular formula is C11H19N5O4S. The van der Waals surface area contributed by atoms with E-state index >= 15 is 0 Å². The molecule has 1 aromatic rings. The van der Waals surface area contributed by atoms with Crippen LogP contribution < -0.4 is 11.1 Å². The summed E-state index contributed by atoms with van der Waals surface area (Å²) in [6.45, 7) is 2.64. The van der Waals surface area contributed by atoms with Crippen LogP contribution in [0.4, 0.5) is 5.82 Å². The maximum atomic E-state index is 11.9. The number of amides is 1. The first-order valence-electron chi connectivity index (χ1n) is 6.80. The molecule has 1 aliphatic rings. The van der Waals surface area contributed by atoms with Crippen LogP contribution in [0.1, 0.15) is 36.7 Å². The summed E-state index contributed by atoms with van der Waals surface area (Å²) < 4.78 is 29.7. The molecule has 1 aromatic heterocycles. The molecule has 10 heteroatoms. The lowest BCUT2D eigenvalue weighted by Crippen LogP contribution is -2.47. The van der Waals surface area contributed by atoms with Crippen LogP contribution >= 0.6 is 0 Å². The van der Waals surface area contributed by atoms with Crippen LogP contribution in [0.25, 0.3) is 0 Å². The normalized spacial score (nSPS) is 17.8. The number of nitrogens with one attached hydrogen (secondary N) is 1. The van der Waals surface area contributed by atoms with Crippen molar-refractivity contribution in [2.24, 2.45) is 0 Å². The van der Waals surface area contributed by atoms with Crippen molar-refractivity contribution in [1.29, 1.82) is 0 Å². The molecule has 9 nitrogen and oxygen atoms in total. The van der Waals surface area contributed by atoms with Crippen molar-refractivity contribution < 1.29 is 17.8 Å². The maximum absolute atomic E-state index is 11.9. The lowest BCUT2D eigenvalue weighted by Gasteiger charge is -2.31. The van der Waals surface area contributed by atoms with Gasteiger partial charge >= 0.3 is 0 Å². The lowest BCUT2D eigenvalue weighted by molar-refractivity contribution is 0.0914. The number of hydrogen-bond donors (Lipinski definition) is 2. The number of rotatable bonds is 5. The molecule has 0 atom stereocenters. The molecule has 2 rings (SSSR count). The van der Waals surface area contributed by atoms with Gasteiger partial charge in [-0.25, -0.2) is 17.4 Å². The third kappa shape index (κ3) is 3.70. The summed E-state index contributed by atoms with van der Waals surface area (Å²) in [5.41, 5.74) is 5.40. The molecule has 1 fully saturated rings. The number of hydrogen-bond acceptors (Lipinski definition) is 7. The van der Waals surface area contributed by atoms with Crippen molar-refractivity contribution in [2.45, 2.75) is 32.2 Å². The predicted molar refractivity (Wildman–Crippen MR) is 74.8 cm³/mol. The molecule has 0 aliphatic carbocycles. The highest BCUT2D eigenvalue weighted by Gasteiger charge is 2.29. The lowest BCUT2D eigenvalue weighted by atomic mass is 10.1. The molecule has 1 amide bonds. The fraction of sp³-hybridized carbons (Fsp3) is 0.727. The molecule has 0 spiro atoms. The van der Waals surface area contributed by atoms with E-state index in [-0.39, 0.29) is 23.3 Å². The maximum Gasteiger partial charge on any atom is 0.277 e. The first-order valence-corrected chi connectivity index (χ1v) is 8.41. The fourth-order valence-electron chi connectivity index (χ4n) is 2.27. The topological polar surface area (TPSA) is 131 Å². The number of nitrogen functional groups attached to an aromatic ring is 1. The Bertz CT molecular complexity index is 592. The Hall–Kier alpha value is -1.68. The van der Waals surface area contributed by atoms with Crippen molar-refractivity contribution in [2.75, 3.05) is 24.6 Å². The van der Waals surface area contributed by atoms with E-state index < -0.39 is 15.9 Å². The van der Waals surface area contributed by atoms with Crippen molar-refractivity contribution >= 4 is 21.7 Å². The van der Waals surface area contributed by atoms with E-state index in [1.54, 1.807) is 0 Å². The zero-order valence-electron chi connectivity index (χ0n) is 11.8. The smallest absolute Gasteiger partial charge is 0.277 e. The van der Waals surface area contributed by atoms with E-state index in [1.165, 1.54) is 4.31 Å². The van der Waals surface area contributed by atoms with Gasteiger partial charge in [-0.05, 0) is 29.6 Å². The summed E-state index contributed by atoms with van der Waals surface area (Å²) in [4.78, 5) is 11.9. The highest BCUT2D eigenvalue weighted by molar-refractivity contribution is 7.89. The number of sulfonamides is 1. The Labute approximate surface area is 122 Å². The summed E-state index contributed by atoms with van der Waals surface area (Å²) >= 11 is 0. The van der Waals surface area contributed by atoms with Gasteiger partial charge in [-0.2, -0.15) is 0 Å². The summed E-state index contributed by atoms with van der Waals surface area (Å²) in [6.07, 6.45) is 1.71. The van der Waals surface area contributed by atoms with Gasteiger partial charge in [0.05, 0.1) is 5.75 Å². The minimum Gasteiger partial charge on any atom is -0.379 e. The summed E-state index contributed by atoms with van der Waals surface area (Å²) in [5.74, 6) is -0.357. The fourth-order valence-corrected chi connectivity index (χ4v) is 3.81. The number of piperidine rings is 1. The third-order valence-corrected chi connectivity index (χ3v) is 5.45. The van der Waals surface area contributed by atoms with Gasteiger partial charge in [0.25, 0.3) is 5.91 Å². The number of nitrogens with zero attached hydrogens (tertiary/aromatic N) is 3. The standard InChI is InChI=1S/C11H19N5O4S/c1-2-7-21(18,19)16-5-3-8(4-6-16)13-11(17)9-10(12)15-20-14-9/h8H,2-7H2,1H3,(H2,12,15)(H,13,17). The Morgan fingerprint density at radius 1 is 1.43 bits per heavy atom.